The summed E-state index contributed by atoms with van der Waals surface area (Å²) >= 11 is 4.59. The Morgan fingerprint density at radius 1 is 1.53 bits per heavy atom. The summed E-state index contributed by atoms with van der Waals surface area (Å²) in [7, 11) is -3.50. The molecule has 0 aromatic heterocycles. The third-order valence-electron chi connectivity index (χ3n) is 1.74. The fourth-order valence-corrected chi connectivity index (χ4v) is 2.31. The van der Waals surface area contributed by atoms with Gasteiger partial charge in [-0.2, -0.15) is 0 Å². The predicted molar refractivity (Wildman–Crippen MR) is 63.2 cm³/mol. The van der Waals surface area contributed by atoms with Gasteiger partial charge in [0.2, 0.25) is 10.0 Å². The van der Waals surface area contributed by atoms with Gasteiger partial charge in [-0.1, -0.05) is 24.4 Å². The molecule has 0 fully saturated rings. The summed E-state index contributed by atoms with van der Waals surface area (Å²) in [5.41, 5.74) is 6.09. The highest BCUT2D eigenvalue weighted by atomic mass is 32.2. The van der Waals surface area contributed by atoms with Crippen LogP contribution in [0.1, 0.15) is 5.56 Å². The molecule has 0 radical (unpaired) electrons. The lowest BCUT2D eigenvalue weighted by Gasteiger charge is -2.06. The first-order valence-corrected chi connectivity index (χ1v) is 6.15. The lowest BCUT2D eigenvalue weighted by molar-refractivity contribution is 0.586. The molecule has 1 aromatic rings. The van der Waals surface area contributed by atoms with Crippen molar-refractivity contribution in [3.05, 3.63) is 29.8 Å². The molecule has 0 aliphatic carbocycles. The molecule has 0 aliphatic rings. The number of nitrogens with two attached hydrogens (primary N) is 1. The maximum absolute atomic E-state index is 11.7. The van der Waals surface area contributed by atoms with Crippen molar-refractivity contribution in [3.8, 4) is 0 Å². The number of nitrogens with one attached hydrogen (secondary N) is 1. The Bertz CT molecular complexity index is 469. The van der Waals surface area contributed by atoms with Crippen molar-refractivity contribution in [2.45, 2.75) is 11.8 Å². The van der Waals surface area contributed by atoms with Crippen LogP contribution in [0.25, 0.3) is 0 Å². The van der Waals surface area contributed by atoms with Crippen molar-refractivity contribution in [1.82, 2.24) is 4.72 Å². The van der Waals surface area contributed by atoms with Crippen LogP contribution in [0.15, 0.2) is 29.2 Å². The molecular formula is C9H12N2O2S2. The van der Waals surface area contributed by atoms with Crippen LogP contribution in [0.4, 0.5) is 0 Å². The zero-order valence-corrected chi connectivity index (χ0v) is 9.86. The van der Waals surface area contributed by atoms with Gasteiger partial charge >= 0.3 is 0 Å². The summed E-state index contributed by atoms with van der Waals surface area (Å²) in [4.78, 5) is 0.338. The van der Waals surface area contributed by atoms with E-state index in [0.29, 0.717) is 0 Å². The smallest absolute Gasteiger partial charge is 0.240 e. The Labute approximate surface area is 94.5 Å². The van der Waals surface area contributed by atoms with Crippen molar-refractivity contribution in [2.24, 2.45) is 5.73 Å². The van der Waals surface area contributed by atoms with Gasteiger partial charge in [-0.25, -0.2) is 13.1 Å². The zero-order chi connectivity index (χ0) is 11.5. The topological polar surface area (TPSA) is 72.2 Å². The lowest BCUT2D eigenvalue weighted by atomic mass is 10.2. The average Bonchev–Trinajstić information content (AvgIpc) is 2.15. The second kappa shape index (κ2) is 4.69. The number of aryl methyl sites for hydroxylation is 1. The number of benzene rings is 1. The standard InChI is InChI=1S/C9H12N2O2S2/c1-7-3-2-4-8(5-7)15(12,13)11-6-9(10)14/h2-5,11H,6H2,1H3,(H2,10,14). The van der Waals surface area contributed by atoms with Crippen molar-refractivity contribution in [3.63, 3.8) is 0 Å². The van der Waals surface area contributed by atoms with Gasteiger partial charge in [0.25, 0.3) is 0 Å². The molecule has 0 bridgehead atoms. The van der Waals surface area contributed by atoms with Crippen molar-refractivity contribution in [2.75, 3.05) is 6.54 Å². The number of rotatable bonds is 4. The Morgan fingerprint density at radius 2 is 2.20 bits per heavy atom. The Morgan fingerprint density at radius 3 is 2.73 bits per heavy atom. The fourth-order valence-electron chi connectivity index (χ4n) is 1.03. The molecule has 0 aliphatic heterocycles. The highest BCUT2D eigenvalue weighted by molar-refractivity contribution is 7.89. The van der Waals surface area contributed by atoms with Gasteiger partial charge in [0.05, 0.1) is 16.4 Å². The van der Waals surface area contributed by atoms with Gasteiger partial charge in [0.15, 0.2) is 0 Å². The number of sulfonamides is 1. The molecule has 15 heavy (non-hydrogen) atoms. The molecule has 6 heteroatoms. The van der Waals surface area contributed by atoms with Crippen molar-refractivity contribution >= 4 is 27.2 Å². The van der Waals surface area contributed by atoms with E-state index >= 15 is 0 Å². The summed E-state index contributed by atoms with van der Waals surface area (Å²) < 4.78 is 25.6. The second-order valence-electron chi connectivity index (χ2n) is 3.11. The largest absolute Gasteiger partial charge is 0.392 e. The number of thiocarbonyl (C=S) groups is 1. The van der Waals surface area contributed by atoms with Crippen LogP contribution in [-0.2, 0) is 10.0 Å². The summed E-state index contributed by atoms with van der Waals surface area (Å²) in [5.74, 6) is 0. The van der Waals surface area contributed by atoms with E-state index in [0.717, 1.165) is 5.56 Å². The predicted octanol–water partition coefficient (Wildman–Crippen LogP) is 0.559. The van der Waals surface area contributed by atoms with Gasteiger partial charge in [-0.15, -0.1) is 0 Å². The Kier molecular flexibility index (Phi) is 3.78. The minimum absolute atomic E-state index is 0.0222. The zero-order valence-electron chi connectivity index (χ0n) is 8.23. The maximum Gasteiger partial charge on any atom is 0.240 e. The molecule has 3 N–H and O–H groups in total. The van der Waals surface area contributed by atoms with Gasteiger partial charge in [0.1, 0.15) is 0 Å². The molecule has 0 heterocycles. The minimum Gasteiger partial charge on any atom is -0.392 e. The fraction of sp³-hybridized carbons (Fsp3) is 0.222. The highest BCUT2D eigenvalue weighted by Gasteiger charge is 2.13. The van der Waals surface area contributed by atoms with Gasteiger partial charge < -0.3 is 5.73 Å². The van der Waals surface area contributed by atoms with Crippen LogP contribution < -0.4 is 10.5 Å². The minimum atomic E-state index is -3.50. The van der Waals surface area contributed by atoms with Crippen LogP contribution >= 0.6 is 12.2 Å². The third kappa shape index (κ3) is 3.58. The Hall–Kier alpha value is -0.980. The number of hydrogen-bond acceptors (Lipinski definition) is 3. The quantitative estimate of drug-likeness (QED) is 0.759. The lowest BCUT2D eigenvalue weighted by Crippen LogP contribution is -2.32. The van der Waals surface area contributed by atoms with E-state index in [-0.39, 0.29) is 16.4 Å². The van der Waals surface area contributed by atoms with E-state index in [1.807, 2.05) is 13.0 Å². The normalized spacial score (nSPS) is 11.3. The van der Waals surface area contributed by atoms with E-state index in [1.165, 1.54) is 6.07 Å². The summed E-state index contributed by atoms with van der Waals surface area (Å²) in [6.45, 7) is 1.80. The second-order valence-corrected chi connectivity index (χ2v) is 5.40. The molecule has 0 saturated carbocycles. The number of hydrogen-bond donors (Lipinski definition) is 2. The maximum atomic E-state index is 11.7. The molecule has 82 valence electrons. The van der Waals surface area contributed by atoms with E-state index < -0.39 is 10.0 Å². The van der Waals surface area contributed by atoms with E-state index in [2.05, 4.69) is 16.9 Å². The molecule has 0 atom stereocenters. The van der Waals surface area contributed by atoms with Gasteiger partial charge in [0, 0.05) is 0 Å². The summed E-state index contributed by atoms with van der Waals surface area (Å²) in [6.07, 6.45) is 0. The SMILES string of the molecule is Cc1cccc(S(=O)(=O)NCC(N)=S)c1. The average molecular weight is 244 g/mol. The van der Waals surface area contributed by atoms with E-state index in [4.69, 9.17) is 5.73 Å². The third-order valence-corrected chi connectivity index (χ3v) is 3.28. The highest BCUT2D eigenvalue weighted by Crippen LogP contribution is 2.09. The monoisotopic (exact) mass is 244 g/mol. The molecule has 0 unspecified atom stereocenters. The van der Waals surface area contributed by atoms with Crippen molar-refractivity contribution in [1.29, 1.82) is 0 Å². The van der Waals surface area contributed by atoms with Crippen LogP contribution in [-0.4, -0.2) is 20.0 Å². The van der Waals surface area contributed by atoms with E-state index in [1.54, 1.807) is 12.1 Å². The van der Waals surface area contributed by atoms with Crippen LogP contribution in [0, 0.1) is 6.92 Å². The first kappa shape index (κ1) is 12.1. The van der Waals surface area contributed by atoms with Gasteiger partial charge in [-0.3, -0.25) is 0 Å². The molecule has 4 nitrogen and oxygen atoms in total. The molecular weight excluding hydrogens is 232 g/mol. The van der Waals surface area contributed by atoms with Crippen LogP contribution in [0.3, 0.4) is 0 Å². The molecule has 0 amide bonds. The first-order valence-electron chi connectivity index (χ1n) is 4.26. The molecule has 0 spiro atoms. The summed E-state index contributed by atoms with van der Waals surface area (Å²) in [5, 5.41) is 0. The van der Waals surface area contributed by atoms with Gasteiger partial charge in [-0.05, 0) is 24.6 Å². The summed E-state index contributed by atoms with van der Waals surface area (Å²) in [6, 6.07) is 6.62. The van der Waals surface area contributed by atoms with E-state index in [9.17, 15) is 8.42 Å². The molecule has 0 saturated heterocycles. The Balaban J connectivity index is 2.91. The molecule has 1 aromatic carbocycles. The first-order chi connectivity index (χ1) is 6.92. The van der Waals surface area contributed by atoms with Crippen molar-refractivity contribution < 1.29 is 8.42 Å². The van der Waals surface area contributed by atoms with Crippen LogP contribution in [0.5, 0.6) is 0 Å². The van der Waals surface area contributed by atoms with Crippen LogP contribution in [0.2, 0.25) is 0 Å². The molecule has 1 rings (SSSR count).